The summed E-state index contributed by atoms with van der Waals surface area (Å²) in [5.74, 6) is -0.266. The van der Waals surface area contributed by atoms with Crippen molar-refractivity contribution in [1.82, 2.24) is 9.78 Å². The third kappa shape index (κ3) is 3.00. The number of aromatic nitrogens is 2. The molecule has 0 aliphatic heterocycles. The van der Waals surface area contributed by atoms with Gasteiger partial charge in [-0.3, -0.25) is 9.48 Å². The summed E-state index contributed by atoms with van der Waals surface area (Å²) in [4.78, 5) is 12.1. The Hall–Kier alpha value is -1.72. The molecule has 7 heteroatoms. The van der Waals surface area contributed by atoms with Gasteiger partial charge in [-0.1, -0.05) is 23.2 Å². The van der Waals surface area contributed by atoms with Crippen molar-refractivity contribution in [2.75, 3.05) is 11.1 Å². The number of nitrogen functional groups attached to an aromatic ring is 1. The Morgan fingerprint density at radius 1 is 1.42 bits per heavy atom. The van der Waals surface area contributed by atoms with Crippen LogP contribution < -0.4 is 11.1 Å². The molecule has 1 atom stereocenters. The first-order valence-corrected chi connectivity index (χ1v) is 6.29. The van der Waals surface area contributed by atoms with Gasteiger partial charge in [0.1, 0.15) is 6.04 Å². The second kappa shape index (κ2) is 5.50. The number of nitrogens with zero attached hydrogens (tertiary/aromatic N) is 2. The van der Waals surface area contributed by atoms with Gasteiger partial charge in [-0.05, 0) is 25.1 Å². The largest absolute Gasteiger partial charge is 0.399 e. The van der Waals surface area contributed by atoms with Gasteiger partial charge >= 0.3 is 0 Å². The smallest absolute Gasteiger partial charge is 0.249 e. The van der Waals surface area contributed by atoms with E-state index in [1.807, 2.05) is 0 Å². The fourth-order valence-corrected chi connectivity index (χ4v) is 2.17. The molecule has 5 nitrogen and oxygen atoms in total. The van der Waals surface area contributed by atoms with Crippen LogP contribution in [0.5, 0.6) is 0 Å². The molecule has 1 aromatic carbocycles. The summed E-state index contributed by atoms with van der Waals surface area (Å²) in [5, 5.41) is 7.28. The van der Waals surface area contributed by atoms with Crippen molar-refractivity contribution >= 4 is 40.5 Å². The molecule has 0 fully saturated rings. The first-order chi connectivity index (χ1) is 8.99. The molecular formula is C12H12Cl2N4O. The minimum Gasteiger partial charge on any atom is -0.399 e. The van der Waals surface area contributed by atoms with E-state index in [9.17, 15) is 4.79 Å². The van der Waals surface area contributed by atoms with Gasteiger partial charge in [-0.25, -0.2) is 0 Å². The third-order valence-corrected chi connectivity index (χ3v) is 3.21. The van der Waals surface area contributed by atoms with Crippen molar-refractivity contribution in [3.05, 3.63) is 40.6 Å². The fourth-order valence-electron chi connectivity index (χ4n) is 1.57. The number of rotatable bonds is 3. The van der Waals surface area contributed by atoms with E-state index in [0.29, 0.717) is 21.4 Å². The molecule has 0 bridgehead atoms. The van der Waals surface area contributed by atoms with Gasteiger partial charge in [0.15, 0.2) is 0 Å². The second-order valence-electron chi connectivity index (χ2n) is 4.01. The highest BCUT2D eigenvalue weighted by molar-refractivity contribution is 6.40. The number of hydrogen-bond acceptors (Lipinski definition) is 3. The predicted molar refractivity (Wildman–Crippen MR) is 76.4 cm³/mol. The summed E-state index contributed by atoms with van der Waals surface area (Å²) < 4.78 is 1.54. The number of hydrogen-bond donors (Lipinski definition) is 2. The first-order valence-electron chi connectivity index (χ1n) is 5.53. The molecule has 3 N–H and O–H groups in total. The van der Waals surface area contributed by atoms with Gasteiger partial charge in [0.2, 0.25) is 5.91 Å². The lowest BCUT2D eigenvalue weighted by Gasteiger charge is -2.15. The van der Waals surface area contributed by atoms with Crippen molar-refractivity contribution in [3.8, 4) is 0 Å². The number of anilines is 2. The number of nitrogens with two attached hydrogens (primary N) is 1. The van der Waals surface area contributed by atoms with Crippen LogP contribution in [-0.4, -0.2) is 15.7 Å². The SMILES string of the molecule is CC(C(=O)Nc1c(Cl)cc(N)cc1Cl)n1cccn1. The van der Waals surface area contributed by atoms with Crippen LogP contribution in [0.1, 0.15) is 13.0 Å². The zero-order valence-electron chi connectivity index (χ0n) is 10.1. The van der Waals surface area contributed by atoms with Gasteiger partial charge in [-0.15, -0.1) is 0 Å². The standard InChI is InChI=1S/C12H12Cl2N4O/c1-7(18-4-2-3-16-18)12(19)17-11-9(13)5-8(15)6-10(11)14/h2-7H,15H2,1H3,(H,17,19). The zero-order chi connectivity index (χ0) is 14.0. The van der Waals surface area contributed by atoms with Crippen molar-refractivity contribution in [1.29, 1.82) is 0 Å². The third-order valence-electron chi connectivity index (χ3n) is 2.61. The van der Waals surface area contributed by atoms with Gasteiger partial charge in [0.05, 0.1) is 15.7 Å². The monoisotopic (exact) mass is 298 g/mol. The van der Waals surface area contributed by atoms with Crippen molar-refractivity contribution in [2.45, 2.75) is 13.0 Å². The van der Waals surface area contributed by atoms with Crippen molar-refractivity contribution in [3.63, 3.8) is 0 Å². The summed E-state index contributed by atoms with van der Waals surface area (Å²) in [7, 11) is 0. The molecule has 0 aliphatic carbocycles. The predicted octanol–water partition coefficient (Wildman–Crippen LogP) is 2.97. The van der Waals surface area contributed by atoms with Gasteiger partial charge < -0.3 is 11.1 Å². The van der Waals surface area contributed by atoms with Crippen molar-refractivity contribution in [2.24, 2.45) is 0 Å². The van der Waals surface area contributed by atoms with Gasteiger partial charge in [-0.2, -0.15) is 5.10 Å². The topological polar surface area (TPSA) is 72.9 Å². The average molecular weight is 299 g/mol. The van der Waals surface area contributed by atoms with Crippen LogP contribution in [-0.2, 0) is 4.79 Å². The van der Waals surface area contributed by atoms with E-state index in [4.69, 9.17) is 28.9 Å². The van der Waals surface area contributed by atoms with Crippen LogP contribution in [0, 0.1) is 0 Å². The van der Waals surface area contributed by atoms with Crippen LogP contribution >= 0.6 is 23.2 Å². The second-order valence-corrected chi connectivity index (χ2v) is 4.83. The number of carbonyl (C=O) groups excluding carboxylic acids is 1. The Kier molecular flexibility index (Phi) is 3.97. The average Bonchev–Trinajstić information content (AvgIpc) is 2.86. The summed E-state index contributed by atoms with van der Waals surface area (Å²) >= 11 is 12.0. The van der Waals surface area contributed by atoms with Crippen LogP contribution in [0.3, 0.4) is 0 Å². The van der Waals surface area contributed by atoms with E-state index in [1.165, 1.54) is 16.8 Å². The highest BCUT2D eigenvalue weighted by Gasteiger charge is 2.18. The molecule has 1 aromatic heterocycles. The van der Waals surface area contributed by atoms with E-state index in [-0.39, 0.29) is 5.91 Å². The maximum atomic E-state index is 12.1. The molecule has 1 amide bonds. The molecule has 1 unspecified atom stereocenters. The quantitative estimate of drug-likeness (QED) is 0.856. The van der Waals surface area contributed by atoms with Gasteiger partial charge in [0.25, 0.3) is 0 Å². The number of benzene rings is 1. The highest BCUT2D eigenvalue weighted by Crippen LogP contribution is 2.33. The fraction of sp³-hybridized carbons (Fsp3) is 0.167. The Bertz CT molecular complexity index is 575. The van der Waals surface area contributed by atoms with Crippen LogP contribution in [0.4, 0.5) is 11.4 Å². The molecule has 1 heterocycles. The van der Waals surface area contributed by atoms with Crippen LogP contribution in [0.2, 0.25) is 10.0 Å². The lowest BCUT2D eigenvalue weighted by molar-refractivity contribution is -0.119. The van der Waals surface area contributed by atoms with E-state index in [1.54, 1.807) is 25.4 Å². The Morgan fingerprint density at radius 2 is 2.05 bits per heavy atom. The molecule has 0 saturated heterocycles. The summed E-state index contributed by atoms with van der Waals surface area (Å²) in [6, 6.07) is 4.33. The molecule has 19 heavy (non-hydrogen) atoms. The molecule has 100 valence electrons. The Labute approximate surface area is 120 Å². The number of halogens is 2. The normalized spacial score (nSPS) is 12.2. The molecule has 0 saturated carbocycles. The number of carbonyl (C=O) groups is 1. The Morgan fingerprint density at radius 3 is 2.58 bits per heavy atom. The van der Waals surface area contributed by atoms with E-state index < -0.39 is 6.04 Å². The highest BCUT2D eigenvalue weighted by atomic mass is 35.5. The molecule has 2 rings (SSSR count). The lowest BCUT2D eigenvalue weighted by Crippen LogP contribution is -2.24. The molecule has 0 aliphatic rings. The van der Waals surface area contributed by atoms with E-state index in [0.717, 1.165) is 0 Å². The maximum Gasteiger partial charge on any atom is 0.249 e. The van der Waals surface area contributed by atoms with Gasteiger partial charge in [0, 0.05) is 18.1 Å². The van der Waals surface area contributed by atoms with Crippen molar-refractivity contribution < 1.29 is 4.79 Å². The molecule has 2 aromatic rings. The molecule has 0 spiro atoms. The first kappa shape index (κ1) is 13.7. The number of nitrogens with one attached hydrogen (secondary N) is 1. The molecular weight excluding hydrogens is 287 g/mol. The minimum atomic E-state index is -0.473. The Balaban J connectivity index is 2.20. The summed E-state index contributed by atoms with van der Waals surface area (Å²) in [6.07, 6.45) is 3.31. The molecule has 0 radical (unpaired) electrons. The van der Waals surface area contributed by atoms with Crippen LogP contribution in [0.25, 0.3) is 0 Å². The summed E-state index contributed by atoms with van der Waals surface area (Å²) in [5.41, 5.74) is 6.39. The maximum absolute atomic E-state index is 12.1. The van der Waals surface area contributed by atoms with Crippen LogP contribution in [0.15, 0.2) is 30.6 Å². The number of amides is 1. The lowest BCUT2D eigenvalue weighted by atomic mass is 10.2. The zero-order valence-corrected chi connectivity index (χ0v) is 11.6. The van der Waals surface area contributed by atoms with E-state index in [2.05, 4.69) is 10.4 Å². The van der Waals surface area contributed by atoms with E-state index >= 15 is 0 Å². The summed E-state index contributed by atoms with van der Waals surface area (Å²) in [6.45, 7) is 1.72. The minimum absolute atomic E-state index is 0.266.